The Bertz CT molecular complexity index is 590. The highest BCUT2D eigenvalue weighted by Crippen LogP contribution is 2.21. The summed E-state index contributed by atoms with van der Waals surface area (Å²) >= 11 is 0. The Balaban J connectivity index is 1.62. The molecule has 2 aliphatic heterocycles. The lowest BCUT2D eigenvalue weighted by molar-refractivity contribution is -0.129. The van der Waals surface area contributed by atoms with Gasteiger partial charge in [-0.25, -0.2) is 5.01 Å². The predicted octanol–water partition coefficient (Wildman–Crippen LogP) is 1.31. The average Bonchev–Trinajstić information content (AvgIpc) is 2.92. The summed E-state index contributed by atoms with van der Waals surface area (Å²) in [5, 5.41) is 12.0. The monoisotopic (exact) mass is 347 g/mol. The molecule has 0 bridgehead atoms. The third-order valence-electron chi connectivity index (χ3n) is 4.29. The number of fused-ring (bicyclic) bond motifs is 1. The Kier molecular flexibility index (Phi) is 5.46. The van der Waals surface area contributed by atoms with Crippen molar-refractivity contribution in [2.24, 2.45) is 11.8 Å². The van der Waals surface area contributed by atoms with Crippen LogP contribution in [0.4, 0.5) is 5.69 Å². The molecule has 0 aromatic heterocycles. The van der Waals surface area contributed by atoms with Gasteiger partial charge < -0.3 is 15.4 Å². The van der Waals surface area contributed by atoms with E-state index in [1.165, 1.54) is 0 Å². The number of anilines is 1. The van der Waals surface area contributed by atoms with Gasteiger partial charge >= 0.3 is 0 Å². The lowest BCUT2D eigenvalue weighted by Crippen LogP contribution is -2.66. The fourth-order valence-electron chi connectivity index (χ4n) is 3.26. The van der Waals surface area contributed by atoms with E-state index < -0.39 is 0 Å². The van der Waals surface area contributed by atoms with Crippen molar-refractivity contribution in [1.29, 1.82) is 0 Å². The number of nitrogens with one attached hydrogen (secondary N) is 4. The highest BCUT2D eigenvalue weighted by atomic mass is 16.5. The third kappa shape index (κ3) is 4.42. The molecular formula is C18H29N5O2. The van der Waals surface area contributed by atoms with Crippen molar-refractivity contribution < 1.29 is 9.53 Å². The zero-order valence-corrected chi connectivity index (χ0v) is 15.4. The number of hydrogen-bond donors (Lipinski definition) is 4. The van der Waals surface area contributed by atoms with Gasteiger partial charge in [0.25, 0.3) is 0 Å². The summed E-state index contributed by atoms with van der Waals surface area (Å²) in [5.74, 6) is 1.36. The van der Waals surface area contributed by atoms with Gasteiger partial charge in [-0.3, -0.25) is 15.5 Å². The van der Waals surface area contributed by atoms with Crippen LogP contribution in [0.2, 0.25) is 0 Å². The number of ether oxygens (including phenoxy) is 1. The number of carbonyl (C=O) groups excluding carboxylic acids is 1. The number of rotatable bonds is 6. The number of amides is 1. The summed E-state index contributed by atoms with van der Waals surface area (Å²) in [5.41, 5.74) is 4.26. The smallest absolute Gasteiger partial charge is 0.230 e. The molecule has 0 aliphatic carbocycles. The lowest BCUT2D eigenvalue weighted by Gasteiger charge is -2.37. The first-order valence-electron chi connectivity index (χ1n) is 9.02. The van der Waals surface area contributed by atoms with Crippen LogP contribution in [0.25, 0.3) is 0 Å². The van der Waals surface area contributed by atoms with Gasteiger partial charge in [-0.05, 0) is 44.0 Å². The van der Waals surface area contributed by atoms with E-state index in [1.54, 1.807) is 0 Å². The molecule has 4 N–H and O–H groups in total. The Labute approximate surface area is 149 Å². The molecule has 3 unspecified atom stereocenters. The standard InChI is InChI=1S/C18H29N5O2/c1-11(2)10-23-16-15(9-19-23)17(24)22-18(21-16)20-13-5-7-14(8-6-13)25-12(3)4/h5-8,11-12,15-16,18-21H,9-10H2,1-4H3,(H,22,24). The summed E-state index contributed by atoms with van der Waals surface area (Å²) in [6.45, 7) is 9.92. The second-order valence-electron chi connectivity index (χ2n) is 7.40. The molecule has 0 radical (unpaired) electrons. The minimum Gasteiger partial charge on any atom is -0.491 e. The minimum atomic E-state index is -0.305. The van der Waals surface area contributed by atoms with E-state index in [9.17, 15) is 4.79 Å². The molecule has 3 atom stereocenters. The third-order valence-corrected chi connectivity index (χ3v) is 4.29. The summed E-state index contributed by atoms with van der Waals surface area (Å²) in [6.07, 6.45) is -0.158. The number of hydrogen-bond acceptors (Lipinski definition) is 6. The number of hydrazine groups is 1. The topological polar surface area (TPSA) is 77.7 Å². The highest BCUT2D eigenvalue weighted by molar-refractivity contribution is 5.81. The largest absolute Gasteiger partial charge is 0.491 e. The normalized spacial score (nSPS) is 26.6. The van der Waals surface area contributed by atoms with Crippen LogP contribution in [0.1, 0.15) is 27.7 Å². The first kappa shape index (κ1) is 18.0. The second kappa shape index (κ2) is 7.59. The zero-order chi connectivity index (χ0) is 18.0. The molecule has 1 aromatic rings. The van der Waals surface area contributed by atoms with Crippen molar-refractivity contribution in [2.75, 3.05) is 18.4 Å². The van der Waals surface area contributed by atoms with Gasteiger partial charge in [-0.15, -0.1) is 0 Å². The molecule has 7 nitrogen and oxygen atoms in total. The molecule has 2 heterocycles. The maximum atomic E-state index is 12.4. The van der Waals surface area contributed by atoms with E-state index in [2.05, 4.69) is 40.2 Å². The molecule has 3 rings (SSSR count). The molecule has 2 saturated heterocycles. The molecule has 138 valence electrons. The fourth-order valence-corrected chi connectivity index (χ4v) is 3.26. The maximum absolute atomic E-state index is 12.4. The quantitative estimate of drug-likeness (QED) is 0.622. The lowest BCUT2D eigenvalue weighted by atomic mass is 10.0. The van der Waals surface area contributed by atoms with Gasteiger partial charge in [0.15, 0.2) is 6.29 Å². The van der Waals surface area contributed by atoms with Crippen molar-refractivity contribution in [1.82, 2.24) is 21.1 Å². The minimum absolute atomic E-state index is 0.00259. The van der Waals surface area contributed by atoms with Crippen LogP contribution in [0.3, 0.4) is 0 Å². The van der Waals surface area contributed by atoms with E-state index in [1.807, 2.05) is 38.1 Å². The number of nitrogens with zero attached hydrogens (tertiary/aromatic N) is 1. The summed E-state index contributed by atoms with van der Waals surface area (Å²) < 4.78 is 5.66. The first-order chi connectivity index (χ1) is 11.9. The van der Waals surface area contributed by atoms with Crippen molar-refractivity contribution >= 4 is 11.6 Å². The molecule has 2 aliphatic rings. The second-order valence-corrected chi connectivity index (χ2v) is 7.40. The molecule has 0 saturated carbocycles. The Morgan fingerprint density at radius 1 is 1.24 bits per heavy atom. The zero-order valence-electron chi connectivity index (χ0n) is 15.4. The maximum Gasteiger partial charge on any atom is 0.230 e. The van der Waals surface area contributed by atoms with E-state index >= 15 is 0 Å². The van der Waals surface area contributed by atoms with Crippen LogP contribution >= 0.6 is 0 Å². The Hall–Kier alpha value is -1.83. The Morgan fingerprint density at radius 3 is 2.60 bits per heavy atom. The summed E-state index contributed by atoms with van der Waals surface area (Å²) in [6, 6.07) is 7.77. The molecule has 1 amide bonds. The van der Waals surface area contributed by atoms with E-state index in [0.29, 0.717) is 12.5 Å². The summed E-state index contributed by atoms with van der Waals surface area (Å²) in [7, 11) is 0. The molecule has 25 heavy (non-hydrogen) atoms. The highest BCUT2D eigenvalue weighted by Gasteiger charge is 2.43. The number of benzene rings is 1. The average molecular weight is 347 g/mol. The van der Waals surface area contributed by atoms with Crippen LogP contribution < -0.4 is 26.1 Å². The van der Waals surface area contributed by atoms with Gasteiger partial charge in [0.1, 0.15) is 5.75 Å². The number of carbonyl (C=O) groups is 1. The molecule has 2 fully saturated rings. The van der Waals surface area contributed by atoms with Crippen LogP contribution in [-0.4, -0.2) is 42.6 Å². The van der Waals surface area contributed by atoms with Crippen molar-refractivity contribution in [3.63, 3.8) is 0 Å². The van der Waals surface area contributed by atoms with Crippen molar-refractivity contribution in [2.45, 2.75) is 46.3 Å². The fraction of sp³-hybridized carbons (Fsp3) is 0.611. The van der Waals surface area contributed by atoms with Gasteiger partial charge in [0.2, 0.25) is 5.91 Å². The van der Waals surface area contributed by atoms with Crippen LogP contribution in [0.5, 0.6) is 5.75 Å². The van der Waals surface area contributed by atoms with E-state index in [0.717, 1.165) is 18.0 Å². The van der Waals surface area contributed by atoms with Crippen molar-refractivity contribution in [3.05, 3.63) is 24.3 Å². The summed E-state index contributed by atoms with van der Waals surface area (Å²) in [4.78, 5) is 12.4. The Morgan fingerprint density at radius 2 is 1.96 bits per heavy atom. The van der Waals surface area contributed by atoms with E-state index in [4.69, 9.17) is 4.74 Å². The van der Waals surface area contributed by atoms with E-state index in [-0.39, 0.29) is 30.4 Å². The SMILES string of the molecule is CC(C)CN1NCC2C(=O)NC(Nc3ccc(OC(C)C)cc3)NC21. The van der Waals surface area contributed by atoms with Crippen molar-refractivity contribution in [3.8, 4) is 5.75 Å². The van der Waals surface area contributed by atoms with Crippen LogP contribution in [0.15, 0.2) is 24.3 Å². The van der Waals surface area contributed by atoms with Gasteiger partial charge in [-0.1, -0.05) is 13.8 Å². The van der Waals surface area contributed by atoms with Gasteiger partial charge in [0.05, 0.1) is 18.2 Å². The van der Waals surface area contributed by atoms with Gasteiger partial charge in [0, 0.05) is 18.8 Å². The molecular weight excluding hydrogens is 318 g/mol. The van der Waals surface area contributed by atoms with Gasteiger partial charge in [-0.2, -0.15) is 0 Å². The first-order valence-corrected chi connectivity index (χ1v) is 9.02. The molecule has 7 heteroatoms. The molecule has 1 aromatic carbocycles. The van der Waals surface area contributed by atoms with Crippen LogP contribution in [0, 0.1) is 11.8 Å². The predicted molar refractivity (Wildman–Crippen MR) is 97.7 cm³/mol. The molecule has 0 spiro atoms. The van der Waals surface area contributed by atoms with Crippen LogP contribution in [-0.2, 0) is 4.79 Å².